The molecule has 0 saturated carbocycles. The fourth-order valence-electron chi connectivity index (χ4n) is 2.58. The molecule has 0 radical (unpaired) electrons. The number of benzene rings is 3. The number of nitrogens with one attached hydrogen (secondary N) is 1. The molecule has 0 spiro atoms. The Morgan fingerprint density at radius 3 is 2.26 bits per heavy atom. The number of carbonyl (C=O) groups excluding carboxylic acids is 1. The molecule has 1 N–H and O–H groups in total. The number of nitro benzene ring substituents is 2. The molecule has 3 aromatic carbocycles. The number of para-hydroxylation sites is 1. The second kappa shape index (κ2) is 9.74. The van der Waals surface area contributed by atoms with Crippen LogP contribution in [0.4, 0.5) is 11.4 Å². The lowest BCUT2D eigenvalue weighted by molar-refractivity contribution is -0.385. The van der Waals surface area contributed by atoms with Gasteiger partial charge in [-0.2, -0.15) is 5.10 Å². The Kier molecular flexibility index (Phi) is 6.64. The third-order valence-electron chi connectivity index (χ3n) is 4.16. The van der Waals surface area contributed by atoms with Gasteiger partial charge in [0.1, 0.15) is 17.9 Å². The summed E-state index contributed by atoms with van der Waals surface area (Å²) < 4.78 is 5.64. The van der Waals surface area contributed by atoms with E-state index in [4.69, 9.17) is 4.74 Å². The Labute approximate surface area is 176 Å². The summed E-state index contributed by atoms with van der Waals surface area (Å²) in [6.07, 6.45) is 1.40. The molecule has 0 aromatic heterocycles. The van der Waals surface area contributed by atoms with Crippen molar-refractivity contribution in [2.75, 3.05) is 0 Å². The van der Waals surface area contributed by atoms with Gasteiger partial charge in [0.25, 0.3) is 17.3 Å². The highest BCUT2D eigenvalue weighted by Crippen LogP contribution is 2.18. The largest absolute Gasteiger partial charge is 0.489 e. The Bertz CT molecular complexity index is 1130. The predicted octanol–water partition coefficient (Wildman–Crippen LogP) is 3.85. The number of hydrogen-bond acceptors (Lipinski definition) is 7. The molecule has 0 heterocycles. The van der Waals surface area contributed by atoms with Crippen LogP contribution in [0, 0.1) is 20.2 Å². The van der Waals surface area contributed by atoms with Crippen molar-refractivity contribution in [1.82, 2.24) is 5.43 Å². The molecule has 0 saturated heterocycles. The van der Waals surface area contributed by atoms with Gasteiger partial charge in [-0.05, 0) is 53.6 Å². The normalized spacial score (nSPS) is 10.6. The van der Waals surface area contributed by atoms with Gasteiger partial charge < -0.3 is 4.74 Å². The van der Waals surface area contributed by atoms with Crippen molar-refractivity contribution in [1.29, 1.82) is 0 Å². The Morgan fingerprint density at radius 2 is 1.61 bits per heavy atom. The SMILES string of the molecule is O=C(N/N=C\c1ccc(OCc2ccc([N+](=O)[O-])cc2)cc1)c1ccccc1[N+](=O)[O-]. The second-order valence-corrected chi connectivity index (χ2v) is 6.25. The Morgan fingerprint density at radius 1 is 0.935 bits per heavy atom. The van der Waals surface area contributed by atoms with Crippen LogP contribution in [0.1, 0.15) is 21.5 Å². The van der Waals surface area contributed by atoms with Gasteiger partial charge in [-0.15, -0.1) is 0 Å². The summed E-state index contributed by atoms with van der Waals surface area (Å²) in [5.74, 6) is -0.106. The van der Waals surface area contributed by atoms with Crippen LogP contribution in [0.3, 0.4) is 0 Å². The van der Waals surface area contributed by atoms with Crippen LogP contribution in [0.2, 0.25) is 0 Å². The molecule has 0 fully saturated rings. The number of carbonyl (C=O) groups is 1. The van der Waals surface area contributed by atoms with E-state index in [2.05, 4.69) is 10.5 Å². The summed E-state index contributed by atoms with van der Waals surface area (Å²) in [6.45, 7) is 0.247. The van der Waals surface area contributed by atoms with E-state index in [9.17, 15) is 25.0 Å². The minimum absolute atomic E-state index is 0.0151. The fraction of sp³-hybridized carbons (Fsp3) is 0.0476. The zero-order valence-corrected chi connectivity index (χ0v) is 16.0. The minimum atomic E-state index is -0.688. The molecule has 0 unspecified atom stereocenters. The zero-order chi connectivity index (χ0) is 22.2. The highest BCUT2D eigenvalue weighted by atomic mass is 16.6. The van der Waals surface area contributed by atoms with Gasteiger partial charge in [0, 0.05) is 18.2 Å². The molecule has 10 heteroatoms. The highest BCUT2D eigenvalue weighted by Gasteiger charge is 2.18. The van der Waals surface area contributed by atoms with Crippen molar-refractivity contribution in [3.63, 3.8) is 0 Å². The molecule has 31 heavy (non-hydrogen) atoms. The van der Waals surface area contributed by atoms with Crippen LogP contribution in [-0.2, 0) is 6.61 Å². The number of rotatable bonds is 8. The molecule has 0 aliphatic heterocycles. The first-order valence-electron chi connectivity index (χ1n) is 8.97. The maximum absolute atomic E-state index is 12.1. The standard InChI is InChI=1S/C21H16N4O6/c26-21(19-3-1-2-4-20(19)25(29)30)23-22-13-15-7-11-18(12-8-15)31-14-16-5-9-17(10-6-16)24(27)28/h1-13H,14H2,(H,23,26)/b22-13-. The third kappa shape index (κ3) is 5.70. The van der Waals surface area contributed by atoms with Crippen LogP contribution in [0.5, 0.6) is 5.75 Å². The van der Waals surface area contributed by atoms with Gasteiger partial charge in [-0.3, -0.25) is 25.0 Å². The van der Waals surface area contributed by atoms with E-state index >= 15 is 0 Å². The quantitative estimate of drug-likeness (QED) is 0.334. The van der Waals surface area contributed by atoms with E-state index in [-0.39, 0.29) is 23.5 Å². The van der Waals surface area contributed by atoms with Crippen molar-refractivity contribution >= 4 is 23.5 Å². The highest BCUT2D eigenvalue weighted by molar-refractivity contribution is 5.98. The monoisotopic (exact) mass is 420 g/mol. The van der Waals surface area contributed by atoms with E-state index in [1.54, 1.807) is 36.4 Å². The summed E-state index contributed by atoms with van der Waals surface area (Å²) in [4.78, 5) is 32.7. The minimum Gasteiger partial charge on any atom is -0.489 e. The van der Waals surface area contributed by atoms with Gasteiger partial charge in [0.05, 0.1) is 16.1 Å². The van der Waals surface area contributed by atoms with Crippen molar-refractivity contribution in [3.05, 3.63) is 110 Å². The van der Waals surface area contributed by atoms with E-state index in [0.717, 1.165) is 5.56 Å². The first-order valence-corrected chi connectivity index (χ1v) is 8.97. The van der Waals surface area contributed by atoms with Crippen LogP contribution in [-0.4, -0.2) is 22.0 Å². The molecule has 1 amide bonds. The maximum atomic E-state index is 12.1. The van der Waals surface area contributed by atoms with Crippen LogP contribution >= 0.6 is 0 Å². The van der Waals surface area contributed by atoms with Crippen molar-refractivity contribution in [2.24, 2.45) is 5.10 Å². The van der Waals surface area contributed by atoms with E-state index in [1.807, 2.05) is 0 Å². The molecule has 3 aromatic rings. The predicted molar refractivity (Wildman–Crippen MR) is 112 cm³/mol. The Balaban J connectivity index is 1.54. The van der Waals surface area contributed by atoms with Gasteiger partial charge in [-0.1, -0.05) is 12.1 Å². The first-order chi connectivity index (χ1) is 14.9. The average Bonchev–Trinajstić information content (AvgIpc) is 2.78. The molecular weight excluding hydrogens is 404 g/mol. The van der Waals surface area contributed by atoms with Crippen LogP contribution in [0.25, 0.3) is 0 Å². The lowest BCUT2D eigenvalue weighted by Gasteiger charge is -2.06. The summed E-state index contributed by atoms with van der Waals surface area (Å²) >= 11 is 0. The number of hydrogen-bond donors (Lipinski definition) is 1. The molecule has 3 rings (SSSR count). The second-order valence-electron chi connectivity index (χ2n) is 6.25. The van der Waals surface area contributed by atoms with Crippen LogP contribution in [0.15, 0.2) is 77.9 Å². The lowest BCUT2D eigenvalue weighted by Crippen LogP contribution is -2.18. The topological polar surface area (TPSA) is 137 Å². The van der Waals surface area contributed by atoms with Crippen molar-refractivity contribution in [2.45, 2.75) is 6.61 Å². The van der Waals surface area contributed by atoms with Gasteiger partial charge >= 0.3 is 0 Å². The number of hydrazone groups is 1. The maximum Gasteiger partial charge on any atom is 0.282 e. The Hall–Kier alpha value is -4.60. The van der Waals surface area contributed by atoms with E-state index < -0.39 is 15.8 Å². The van der Waals surface area contributed by atoms with Crippen LogP contribution < -0.4 is 10.2 Å². The molecule has 0 atom stereocenters. The fourth-order valence-corrected chi connectivity index (χ4v) is 2.58. The zero-order valence-electron chi connectivity index (χ0n) is 16.0. The van der Waals surface area contributed by atoms with E-state index in [0.29, 0.717) is 11.3 Å². The van der Waals surface area contributed by atoms with Crippen molar-refractivity contribution in [3.8, 4) is 5.75 Å². The summed E-state index contributed by atoms with van der Waals surface area (Å²) in [5.41, 5.74) is 3.35. The smallest absolute Gasteiger partial charge is 0.282 e. The van der Waals surface area contributed by atoms with Crippen molar-refractivity contribution < 1.29 is 19.4 Å². The molecular formula is C21H16N4O6. The number of nitrogens with zero attached hydrogens (tertiary/aromatic N) is 3. The number of non-ortho nitro benzene ring substituents is 1. The number of ether oxygens (including phenoxy) is 1. The lowest BCUT2D eigenvalue weighted by atomic mass is 10.2. The molecule has 0 aliphatic rings. The van der Waals surface area contributed by atoms with Gasteiger partial charge in [0.2, 0.25) is 0 Å². The third-order valence-corrected chi connectivity index (χ3v) is 4.16. The summed E-state index contributed by atoms with van der Waals surface area (Å²) in [7, 11) is 0. The molecule has 10 nitrogen and oxygen atoms in total. The molecule has 156 valence electrons. The van der Waals surface area contributed by atoms with Gasteiger partial charge in [-0.25, -0.2) is 5.43 Å². The molecule has 0 aliphatic carbocycles. The van der Waals surface area contributed by atoms with Gasteiger partial charge in [0.15, 0.2) is 0 Å². The van der Waals surface area contributed by atoms with E-state index in [1.165, 1.54) is 42.6 Å². The summed E-state index contributed by atoms with van der Waals surface area (Å²) in [6, 6.07) is 18.5. The average molecular weight is 420 g/mol. The molecule has 0 bridgehead atoms. The first kappa shape index (κ1) is 21.1. The number of nitro groups is 2. The number of amides is 1. The summed E-state index contributed by atoms with van der Waals surface area (Å²) in [5, 5.41) is 25.5.